The first kappa shape index (κ1) is 8.75. The average molecular weight is 181 g/mol. The molecule has 0 aromatic heterocycles. The summed E-state index contributed by atoms with van der Waals surface area (Å²) in [7, 11) is 1.27. The Morgan fingerprint density at radius 1 is 1.25 bits per heavy atom. The molecule has 0 radical (unpaired) electrons. The summed E-state index contributed by atoms with van der Waals surface area (Å²) in [6, 6.07) is 0. The third kappa shape index (κ3) is 6.75. The zero-order valence-electron chi connectivity index (χ0n) is 5.62. The maximum atomic E-state index is 3.46. The van der Waals surface area contributed by atoms with Gasteiger partial charge in [-0.1, -0.05) is 6.55 Å². The van der Waals surface area contributed by atoms with Crippen molar-refractivity contribution in [3.05, 3.63) is 0 Å². The van der Waals surface area contributed by atoms with Crippen LogP contribution in [-0.4, -0.2) is 39.8 Å². The molecule has 0 rings (SSSR count). The lowest BCUT2D eigenvalue weighted by atomic mass is 11.9. The monoisotopic (exact) mass is 181 g/mol. The van der Waals surface area contributed by atoms with E-state index >= 15 is 0 Å². The van der Waals surface area contributed by atoms with Crippen molar-refractivity contribution in [3.8, 4) is 0 Å². The topological polar surface area (TPSA) is 36.1 Å². The Hall–Kier alpha value is 0.748. The molecule has 0 fully saturated rings. The summed E-state index contributed by atoms with van der Waals surface area (Å²) >= 11 is 0. The van der Waals surface area contributed by atoms with Gasteiger partial charge in [0, 0.05) is 0 Å². The first-order valence-electron chi connectivity index (χ1n) is 2.97. The second-order valence-electron chi connectivity index (χ2n) is 1.56. The molecule has 0 aliphatic carbocycles. The van der Waals surface area contributed by atoms with Gasteiger partial charge >= 0.3 is 0 Å². The number of hydrogen-bond acceptors (Lipinski definition) is 3. The third-order valence-corrected chi connectivity index (χ3v) is 7.22. The maximum Gasteiger partial charge on any atom is 0.154 e. The van der Waals surface area contributed by atoms with Crippen LogP contribution in [0.5, 0.6) is 0 Å². The zero-order valence-corrected chi connectivity index (χ0v) is 11.9. The summed E-state index contributed by atoms with van der Waals surface area (Å²) in [5, 5.41) is 0. The molecule has 0 atom stereocenters. The molecule has 50 valence electrons. The van der Waals surface area contributed by atoms with Crippen molar-refractivity contribution >= 4 is 39.8 Å². The fourth-order valence-electron chi connectivity index (χ4n) is 0.401. The summed E-state index contributed by atoms with van der Waals surface area (Å²) in [6.07, 6.45) is 0. The van der Waals surface area contributed by atoms with Crippen LogP contribution in [0.2, 0.25) is 6.55 Å². The van der Waals surface area contributed by atoms with E-state index < -0.39 is 0 Å². The minimum atomic E-state index is -0.0165. The van der Waals surface area contributed by atoms with Crippen molar-refractivity contribution in [2.75, 3.05) is 0 Å². The van der Waals surface area contributed by atoms with Crippen molar-refractivity contribution in [1.82, 2.24) is 13.9 Å². The number of nitrogens with one attached hydrogen (secondary N) is 3. The quantitative estimate of drug-likeness (QED) is 0.294. The van der Waals surface area contributed by atoms with Gasteiger partial charge in [-0.15, -0.1) is 0 Å². The lowest BCUT2D eigenvalue weighted by Crippen LogP contribution is -2.42. The lowest BCUT2D eigenvalue weighted by Gasteiger charge is -2.00. The minimum Gasteiger partial charge on any atom is -0.360 e. The smallest absolute Gasteiger partial charge is 0.154 e. The molecule has 0 unspecified atom stereocenters. The Morgan fingerprint density at radius 3 is 2.50 bits per heavy atom. The molecular formula is CH15N3Si4. The maximum absolute atomic E-state index is 3.46. The predicted molar refractivity (Wildman–Crippen MR) is 50.8 cm³/mol. The van der Waals surface area contributed by atoms with Gasteiger partial charge in [-0.2, -0.15) is 0 Å². The van der Waals surface area contributed by atoms with Gasteiger partial charge in [0.15, 0.2) is 19.7 Å². The standard InChI is InChI=1S/CH15N3Si4/c1-6-3-8-4-7-2-5/h2-4H,6-8H2,1,5H3. The molecule has 0 spiro atoms. The molecule has 7 heteroatoms. The highest BCUT2D eigenvalue weighted by atomic mass is 28.3. The van der Waals surface area contributed by atoms with Crippen LogP contribution in [0.25, 0.3) is 0 Å². The molecule has 0 aliphatic heterocycles. The largest absolute Gasteiger partial charge is 0.360 e. The van der Waals surface area contributed by atoms with Gasteiger partial charge in [-0.05, 0) is 0 Å². The van der Waals surface area contributed by atoms with Gasteiger partial charge in [-0.25, -0.2) is 0 Å². The number of hydrogen-bond donors (Lipinski definition) is 3. The summed E-state index contributed by atoms with van der Waals surface area (Å²) < 4.78 is 10.2. The Labute approximate surface area is 60.8 Å². The van der Waals surface area contributed by atoms with E-state index in [-0.39, 0.29) is 29.4 Å². The summed E-state index contributed by atoms with van der Waals surface area (Å²) in [5.74, 6) is 0. The van der Waals surface area contributed by atoms with E-state index in [0.717, 1.165) is 10.4 Å². The van der Waals surface area contributed by atoms with Crippen LogP contribution in [-0.2, 0) is 0 Å². The SMILES string of the molecule is C[SiH2]N[SiH2]N[SiH2]N[SiH3]. The second kappa shape index (κ2) is 7.75. The van der Waals surface area contributed by atoms with Crippen LogP contribution in [0, 0.1) is 0 Å². The van der Waals surface area contributed by atoms with Gasteiger partial charge in [0.05, 0.1) is 20.1 Å². The predicted octanol–water partition coefficient (Wildman–Crippen LogP) is -4.83. The van der Waals surface area contributed by atoms with Crippen molar-refractivity contribution in [2.45, 2.75) is 6.55 Å². The van der Waals surface area contributed by atoms with Crippen molar-refractivity contribution in [3.63, 3.8) is 0 Å². The first-order chi connectivity index (χ1) is 3.91. The lowest BCUT2D eigenvalue weighted by molar-refractivity contribution is 1.38. The van der Waals surface area contributed by atoms with Crippen molar-refractivity contribution < 1.29 is 0 Å². The van der Waals surface area contributed by atoms with Crippen molar-refractivity contribution in [2.24, 2.45) is 0 Å². The molecule has 0 saturated carbocycles. The summed E-state index contributed by atoms with van der Waals surface area (Å²) in [4.78, 5) is 0. The van der Waals surface area contributed by atoms with E-state index in [9.17, 15) is 0 Å². The van der Waals surface area contributed by atoms with Crippen LogP contribution in [0.1, 0.15) is 0 Å². The van der Waals surface area contributed by atoms with Crippen molar-refractivity contribution in [1.29, 1.82) is 0 Å². The highest BCUT2D eigenvalue weighted by molar-refractivity contribution is 6.57. The van der Waals surface area contributed by atoms with E-state index in [1.807, 2.05) is 0 Å². The van der Waals surface area contributed by atoms with Gasteiger partial charge in [0.1, 0.15) is 0 Å². The first-order valence-corrected chi connectivity index (χ1v) is 8.92. The molecule has 3 nitrogen and oxygen atoms in total. The third-order valence-electron chi connectivity index (χ3n) is 0.802. The fraction of sp³-hybridized carbons (Fsp3) is 1.00. The fourth-order valence-corrected chi connectivity index (χ4v) is 7.45. The Kier molecular flexibility index (Phi) is 8.47. The number of rotatable bonds is 5. The van der Waals surface area contributed by atoms with Crippen LogP contribution >= 0.6 is 0 Å². The van der Waals surface area contributed by atoms with Crippen LogP contribution < -0.4 is 13.9 Å². The van der Waals surface area contributed by atoms with E-state index in [1.165, 1.54) is 0 Å². The Morgan fingerprint density at radius 2 is 2.00 bits per heavy atom. The van der Waals surface area contributed by atoms with E-state index in [2.05, 4.69) is 20.5 Å². The van der Waals surface area contributed by atoms with E-state index in [4.69, 9.17) is 0 Å². The molecular weight excluding hydrogens is 166 g/mol. The molecule has 0 aromatic carbocycles. The normalized spacial score (nSPS) is 14.6. The highest BCUT2D eigenvalue weighted by Gasteiger charge is 1.80. The molecule has 0 aromatic rings. The Balaban J connectivity index is 2.53. The molecule has 0 amide bonds. The minimum absolute atomic E-state index is 0.0154. The average Bonchev–Trinajstić information content (AvgIpc) is 1.81. The molecule has 8 heavy (non-hydrogen) atoms. The molecule has 3 N–H and O–H groups in total. The van der Waals surface area contributed by atoms with Crippen LogP contribution in [0.15, 0.2) is 0 Å². The second-order valence-corrected chi connectivity index (χ2v) is 9.80. The van der Waals surface area contributed by atoms with E-state index in [0.29, 0.717) is 0 Å². The Bertz CT molecular complexity index is 36.3. The van der Waals surface area contributed by atoms with Crippen LogP contribution in [0.4, 0.5) is 0 Å². The molecule has 0 saturated heterocycles. The zero-order chi connectivity index (χ0) is 6.24. The summed E-state index contributed by atoms with van der Waals surface area (Å²) in [5.41, 5.74) is 0. The summed E-state index contributed by atoms with van der Waals surface area (Å²) in [6.45, 7) is 2.28. The van der Waals surface area contributed by atoms with Gasteiger partial charge in [0.2, 0.25) is 0 Å². The van der Waals surface area contributed by atoms with Gasteiger partial charge in [-0.3, -0.25) is 0 Å². The van der Waals surface area contributed by atoms with Gasteiger partial charge < -0.3 is 13.9 Å². The van der Waals surface area contributed by atoms with Crippen LogP contribution in [0.3, 0.4) is 0 Å². The molecule has 0 heterocycles. The van der Waals surface area contributed by atoms with Gasteiger partial charge in [0.25, 0.3) is 0 Å². The molecule has 0 bridgehead atoms. The highest BCUT2D eigenvalue weighted by Crippen LogP contribution is 1.40. The molecule has 0 aliphatic rings. The van der Waals surface area contributed by atoms with E-state index in [1.54, 1.807) is 0 Å².